The standard InChI is InChI=1S/C23H22FN5O3S2/c1-3-20-26-27-22(33-20)21-16-8-7-15(34(25,31)32)11-14(16)12-29(21)23(30)13(2)28-10-9-17-18(24)5-4-6-19(17)28/h4-11,13,21H,3,12H2,1-2H3,(H2,25,31,32). The number of hydrogen-bond donors (Lipinski definition) is 1. The highest BCUT2D eigenvalue weighted by Gasteiger charge is 2.39. The zero-order valence-corrected chi connectivity index (χ0v) is 20.1. The summed E-state index contributed by atoms with van der Waals surface area (Å²) in [6.45, 7) is 3.94. The number of primary sulfonamides is 1. The Morgan fingerprint density at radius 1 is 1.26 bits per heavy atom. The summed E-state index contributed by atoms with van der Waals surface area (Å²) in [4.78, 5) is 15.5. The van der Waals surface area contributed by atoms with E-state index in [-0.39, 0.29) is 23.2 Å². The molecule has 0 saturated carbocycles. The van der Waals surface area contributed by atoms with E-state index in [1.807, 2.05) is 6.92 Å². The number of aromatic nitrogens is 3. The summed E-state index contributed by atoms with van der Waals surface area (Å²) in [5.74, 6) is -0.549. The fraction of sp³-hybridized carbons (Fsp3) is 0.261. The first-order chi connectivity index (χ1) is 16.2. The lowest BCUT2D eigenvalue weighted by Gasteiger charge is -2.27. The summed E-state index contributed by atoms with van der Waals surface area (Å²) in [6, 6.07) is 9.93. The van der Waals surface area contributed by atoms with Crippen LogP contribution in [0.4, 0.5) is 4.39 Å². The number of carbonyl (C=O) groups excluding carboxylic acids is 1. The summed E-state index contributed by atoms with van der Waals surface area (Å²) in [6.07, 6.45) is 2.42. The largest absolute Gasteiger partial charge is 0.335 e. The third-order valence-corrected chi connectivity index (χ3v) is 8.21. The van der Waals surface area contributed by atoms with Crippen LogP contribution in [0.3, 0.4) is 0 Å². The quantitative estimate of drug-likeness (QED) is 0.452. The average molecular weight is 500 g/mol. The number of fused-ring (bicyclic) bond motifs is 2. The fourth-order valence-corrected chi connectivity index (χ4v) is 5.92. The summed E-state index contributed by atoms with van der Waals surface area (Å²) in [5, 5.41) is 15.8. The van der Waals surface area contributed by atoms with E-state index in [0.29, 0.717) is 27.9 Å². The van der Waals surface area contributed by atoms with Crippen molar-refractivity contribution in [3.63, 3.8) is 0 Å². The van der Waals surface area contributed by atoms with Gasteiger partial charge in [0.2, 0.25) is 15.9 Å². The van der Waals surface area contributed by atoms with Crippen LogP contribution in [0.5, 0.6) is 0 Å². The molecule has 4 aromatic rings. The summed E-state index contributed by atoms with van der Waals surface area (Å²) < 4.78 is 39.8. The maximum absolute atomic E-state index is 14.2. The number of hydrogen-bond acceptors (Lipinski definition) is 6. The first-order valence-electron chi connectivity index (χ1n) is 10.7. The minimum atomic E-state index is -3.89. The van der Waals surface area contributed by atoms with E-state index in [1.165, 1.54) is 29.5 Å². The molecule has 0 radical (unpaired) electrons. The van der Waals surface area contributed by atoms with Crippen molar-refractivity contribution in [2.75, 3.05) is 0 Å². The van der Waals surface area contributed by atoms with Gasteiger partial charge in [-0.1, -0.05) is 30.4 Å². The minimum absolute atomic E-state index is 0.00858. The van der Waals surface area contributed by atoms with Gasteiger partial charge in [0, 0.05) is 18.1 Å². The first kappa shape index (κ1) is 22.6. The molecule has 0 fully saturated rings. The zero-order valence-electron chi connectivity index (χ0n) is 18.5. The molecule has 3 heterocycles. The average Bonchev–Trinajstić information content (AvgIpc) is 3.53. The van der Waals surface area contributed by atoms with Gasteiger partial charge in [0.15, 0.2) is 0 Å². The molecule has 5 rings (SSSR count). The molecule has 2 N–H and O–H groups in total. The van der Waals surface area contributed by atoms with Gasteiger partial charge in [0.1, 0.15) is 27.9 Å². The van der Waals surface area contributed by atoms with Gasteiger partial charge in [-0.15, -0.1) is 10.2 Å². The first-order valence-corrected chi connectivity index (χ1v) is 13.1. The van der Waals surface area contributed by atoms with Gasteiger partial charge in [-0.2, -0.15) is 0 Å². The van der Waals surface area contributed by atoms with E-state index < -0.39 is 22.1 Å². The van der Waals surface area contributed by atoms with Crippen LogP contribution >= 0.6 is 11.3 Å². The summed E-state index contributed by atoms with van der Waals surface area (Å²) in [7, 11) is -3.89. The number of benzene rings is 2. The minimum Gasteiger partial charge on any atom is -0.335 e. The van der Waals surface area contributed by atoms with Crippen LogP contribution in [0.15, 0.2) is 53.6 Å². The van der Waals surface area contributed by atoms with Crippen molar-refractivity contribution in [1.82, 2.24) is 19.7 Å². The topological polar surface area (TPSA) is 111 Å². The molecule has 0 aliphatic carbocycles. The highest BCUT2D eigenvalue weighted by molar-refractivity contribution is 7.89. The summed E-state index contributed by atoms with van der Waals surface area (Å²) in [5.41, 5.74) is 2.10. The smallest absolute Gasteiger partial charge is 0.246 e. The van der Waals surface area contributed by atoms with Gasteiger partial charge in [-0.05, 0) is 54.8 Å². The van der Waals surface area contributed by atoms with Crippen molar-refractivity contribution >= 4 is 38.2 Å². The SMILES string of the molecule is CCc1nnc(C2c3ccc(S(N)(=O)=O)cc3CN2C(=O)C(C)n2ccc3c(F)cccc32)s1. The zero-order chi connectivity index (χ0) is 24.2. The number of nitrogens with zero attached hydrogens (tertiary/aromatic N) is 4. The molecule has 1 aliphatic heterocycles. The normalized spacial score (nSPS) is 16.7. The molecule has 0 spiro atoms. The number of carbonyl (C=O) groups is 1. The van der Waals surface area contributed by atoms with E-state index in [1.54, 1.807) is 46.9 Å². The highest BCUT2D eigenvalue weighted by atomic mass is 32.2. The molecule has 2 aromatic heterocycles. The second-order valence-electron chi connectivity index (χ2n) is 8.23. The van der Waals surface area contributed by atoms with Gasteiger partial charge < -0.3 is 9.47 Å². The Balaban J connectivity index is 1.57. The molecule has 0 bridgehead atoms. The van der Waals surface area contributed by atoms with E-state index in [0.717, 1.165) is 10.6 Å². The maximum Gasteiger partial charge on any atom is 0.246 e. The van der Waals surface area contributed by atoms with Gasteiger partial charge in [-0.25, -0.2) is 17.9 Å². The molecule has 34 heavy (non-hydrogen) atoms. The molecule has 1 aliphatic rings. The van der Waals surface area contributed by atoms with Crippen LogP contribution in [0.1, 0.15) is 47.1 Å². The number of amides is 1. The Kier molecular flexibility index (Phi) is 5.50. The van der Waals surface area contributed by atoms with Crippen molar-refractivity contribution in [3.05, 3.63) is 75.6 Å². The van der Waals surface area contributed by atoms with Crippen molar-refractivity contribution < 1.29 is 17.6 Å². The Morgan fingerprint density at radius 3 is 2.76 bits per heavy atom. The molecule has 8 nitrogen and oxygen atoms in total. The molecule has 2 aromatic carbocycles. The second-order valence-corrected chi connectivity index (χ2v) is 10.9. The predicted octanol–water partition coefficient (Wildman–Crippen LogP) is 3.53. The predicted molar refractivity (Wildman–Crippen MR) is 126 cm³/mol. The van der Waals surface area contributed by atoms with Crippen LogP contribution in [0, 0.1) is 5.82 Å². The van der Waals surface area contributed by atoms with Crippen molar-refractivity contribution in [2.24, 2.45) is 5.14 Å². The molecule has 1 amide bonds. The third kappa shape index (κ3) is 3.69. The van der Waals surface area contributed by atoms with Gasteiger partial charge >= 0.3 is 0 Å². The van der Waals surface area contributed by atoms with E-state index in [9.17, 15) is 17.6 Å². The Hall–Kier alpha value is -3.15. The van der Waals surface area contributed by atoms with Crippen molar-refractivity contribution in [1.29, 1.82) is 0 Å². The molecule has 11 heteroatoms. The lowest BCUT2D eigenvalue weighted by molar-refractivity contribution is -0.135. The monoisotopic (exact) mass is 499 g/mol. The number of nitrogens with two attached hydrogens (primary N) is 1. The molecule has 2 unspecified atom stereocenters. The Bertz CT molecular complexity index is 1530. The van der Waals surface area contributed by atoms with Crippen LogP contribution < -0.4 is 5.14 Å². The van der Waals surface area contributed by atoms with Gasteiger partial charge in [0.25, 0.3) is 0 Å². The maximum atomic E-state index is 14.2. The van der Waals surface area contributed by atoms with E-state index >= 15 is 0 Å². The third-order valence-electron chi connectivity index (χ3n) is 6.18. The molecule has 176 valence electrons. The van der Waals surface area contributed by atoms with Crippen LogP contribution in [0.25, 0.3) is 10.9 Å². The van der Waals surface area contributed by atoms with Gasteiger partial charge in [0.05, 0.1) is 10.4 Å². The van der Waals surface area contributed by atoms with Crippen LogP contribution in [0.2, 0.25) is 0 Å². The Labute approximate surface area is 199 Å². The number of sulfonamides is 1. The molecule has 0 saturated heterocycles. The lowest BCUT2D eigenvalue weighted by Crippen LogP contribution is -2.35. The van der Waals surface area contributed by atoms with Gasteiger partial charge in [-0.3, -0.25) is 4.79 Å². The number of rotatable bonds is 5. The van der Waals surface area contributed by atoms with Crippen LogP contribution in [-0.2, 0) is 27.8 Å². The number of aryl methyl sites for hydroxylation is 1. The van der Waals surface area contributed by atoms with Crippen LogP contribution in [-0.4, -0.2) is 34.0 Å². The van der Waals surface area contributed by atoms with Crippen molar-refractivity contribution in [3.8, 4) is 0 Å². The van der Waals surface area contributed by atoms with E-state index in [2.05, 4.69) is 10.2 Å². The van der Waals surface area contributed by atoms with Crippen molar-refractivity contribution in [2.45, 2.75) is 43.8 Å². The number of halogens is 1. The molecule has 2 atom stereocenters. The lowest BCUT2D eigenvalue weighted by atomic mass is 10.1. The second kappa shape index (κ2) is 8.26. The fourth-order valence-electron chi connectivity index (χ4n) is 4.44. The molecular weight excluding hydrogens is 477 g/mol. The Morgan fingerprint density at radius 2 is 2.06 bits per heavy atom. The highest BCUT2D eigenvalue weighted by Crippen LogP contribution is 2.42. The summed E-state index contributed by atoms with van der Waals surface area (Å²) >= 11 is 1.42. The van der Waals surface area contributed by atoms with E-state index in [4.69, 9.17) is 5.14 Å². The molecular formula is C23H22FN5O3S2.